The molecule has 0 spiro atoms. The molecule has 2 aromatic rings. The molecular formula is C20H22N2O5. The van der Waals surface area contributed by atoms with Crippen LogP contribution in [0.5, 0.6) is 0 Å². The fourth-order valence-corrected chi connectivity index (χ4v) is 2.62. The number of ether oxygens (including phenoxy) is 1. The van der Waals surface area contributed by atoms with Crippen LogP contribution in [0.2, 0.25) is 0 Å². The molecule has 27 heavy (non-hydrogen) atoms. The predicted molar refractivity (Wildman–Crippen MR) is 100 cm³/mol. The van der Waals surface area contributed by atoms with Crippen LogP contribution < -0.4 is 5.32 Å². The normalized spacial score (nSPS) is 12.7. The van der Waals surface area contributed by atoms with Crippen LogP contribution in [0.25, 0.3) is 0 Å². The minimum absolute atomic E-state index is 0.0274. The Labute approximate surface area is 157 Å². The average Bonchev–Trinajstić information content (AvgIpc) is 2.69. The second-order valence-corrected chi connectivity index (χ2v) is 6.12. The van der Waals surface area contributed by atoms with E-state index in [-0.39, 0.29) is 17.2 Å². The highest BCUT2D eigenvalue weighted by molar-refractivity contribution is 5.92. The van der Waals surface area contributed by atoms with Crippen molar-refractivity contribution < 1.29 is 19.2 Å². The fourth-order valence-electron chi connectivity index (χ4n) is 2.62. The molecule has 0 aromatic heterocycles. The molecule has 0 radical (unpaired) electrons. The van der Waals surface area contributed by atoms with Gasteiger partial charge in [0.05, 0.1) is 10.5 Å². The highest BCUT2D eigenvalue weighted by atomic mass is 16.6. The maximum absolute atomic E-state index is 12.2. The maximum Gasteiger partial charge on any atom is 0.339 e. The quantitative estimate of drug-likeness (QED) is 0.436. The molecule has 0 aliphatic rings. The summed E-state index contributed by atoms with van der Waals surface area (Å²) in [5.74, 6) is -1.03. The van der Waals surface area contributed by atoms with Crippen molar-refractivity contribution in [3.05, 3.63) is 75.8 Å². The average molecular weight is 370 g/mol. The fraction of sp³-hybridized carbons (Fsp3) is 0.300. The lowest BCUT2D eigenvalue weighted by molar-refractivity contribution is -0.384. The zero-order valence-electron chi connectivity index (χ0n) is 15.3. The molecule has 0 bridgehead atoms. The smallest absolute Gasteiger partial charge is 0.339 e. The minimum Gasteiger partial charge on any atom is -0.449 e. The number of nitrogens with zero attached hydrogens (tertiary/aromatic N) is 1. The Bertz CT molecular complexity index is 807. The first kappa shape index (κ1) is 20.1. The van der Waals surface area contributed by atoms with Crippen LogP contribution in [-0.4, -0.2) is 29.4 Å². The first-order valence-corrected chi connectivity index (χ1v) is 8.70. The topological polar surface area (TPSA) is 98.5 Å². The first-order chi connectivity index (χ1) is 12.9. The summed E-state index contributed by atoms with van der Waals surface area (Å²) in [5.41, 5.74) is 0.941. The summed E-state index contributed by atoms with van der Waals surface area (Å²) in [7, 11) is 0. The third kappa shape index (κ3) is 5.64. The number of carbonyl (C=O) groups excluding carboxylic acids is 2. The third-order valence-electron chi connectivity index (χ3n) is 4.23. The number of carbonyl (C=O) groups is 2. The van der Waals surface area contributed by atoms with Gasteiger partial charge in [-0.1, -0.05) is 43.3 Å². The molecular weight excluding hydrogens is 348 g/mol. The van der Waals surface area contributed by atoms with Crippen molar-refractivity contribution in [3.63, 3.8) is 0 Å². The van der Waals surface area contributed by atoms with E-state index in [0.717, 1.165) is 18.1 Å². The Morgan fingerprint density at radius 3 is 2.48 bits per heavy atom. The summed E-state index contributed by atoms with van der Waals surface area (Å²) in [6.07, 6.45) is -0.156. The van der Waals surface area contributed by atoms with Crippen molar-refractivity contribution in [1.29, 1.82) is 0 Å². The summed E-state index contributed by atoms with van der Waals surface area (Å²) < 4.78 is 5.13. The lowest BCUT2D eigenvalue weighted by atomic mass is 9.96. The molecule has 1 amide bonds. The number of nitrogens with one attached hydrogen (secondary N) is 1. The molecule has 0 unspecified atom stereocenters. The maximum atomic E-state index is 12.2. The molecule has 2 rings (SSSR count). The predicted octanol–water partition coefficient (Wildman–Crippen LogP) is 3.45. The summed E-state index contributed by atoms with van der Waals surface area (Å²) in [6, 6.07) is 15.0. The second-order valence-electron chi connectivity index (χ2n) is 6.12. The van der Waals surface area contributed by atoms with Crippen molar-refractivity contribution in [2.75, 3.05) is 6.54 Å². The van der Waals surface area contributed by atoms with E-state index in [9.17, 15) is 19.7 Å². The van der Waals surface area contributed by atoms with E-state index in [0.29, 0.717) is 6.54 Å². The van der Waals surface area contributed by atoms with Crippen LogP contribution in [0.3, 0.4) is 0 Å². The molecule has 0 saturated heterocycles. The van der Waals surface area contributed by atoms with Gasteiger partial charge in [-0.05, 0) is 25.0 Å². The standard InChI is InChI=1S/C20H22N2O5/c1-3-15(16-8-5-4-6-9-16)13-21-19(23)14(2)27-20(24)17-10-7-11-18(12-17)22(25)26/h4-12,14-15H,3,13H2,1-2H3,(H,21,23)/t14-,15+/m0/s1. The second kappa shape index (κ2) is 9.47. The van der Waals surface area contributed by atoms with Crippen LogP contribution in [0, 0.1) is 10.1 Å². The minimum atomic E-state index is -1.01. The van der Waals surface area contributed by atoms with Crippen LogP contribution in [0.1, 0.15) is 42.1 Å². The summed E-state index contributed by atoms with van der Waals surface area (Å²) in [4.78, 5) is 34.6. The number of nitro groups is 1. The van der Waals surface area contributed by atoms with Gasteiger partial charge in [-0.15, -0.1) is 0 Å². The summed E-state index contributed by atoms with van der Waals surface area (Å²) in [6.45, 7) is 3.93. The highest BCUT2D eigenvalue weighted by Crippen LogP contribution is 2.18. The van der Waals surface area contributed by atoms with Gasteiger partial charge in [0.2, 0.25) is 0 Å². The van der Waals surface area contributed by atoms with Crippen LogP contribution >= 0.6 is 0 Å². The van der Waals surface area contributed by atoms with E-state index in [4.69, 9.17) is 4.74 Å². The molecule has 2 atom stereocenters. The number of hydrogen-bond donors (Lipinski definition) is 1. The number of rotatable bonds is 8. The van der Waals surface area contributed by atoms with E-state index >= 15 is 0 Å². The van der Waals surface area contributed by atoms with Crippen molar-refractivity contribution in [2.45, 2.75) is 32.3 Å². The molecule has 0 aliphatic heterocycles. The molecule has 1 N–H and O–H groups in total. The summed E-state index contributed by atoms with van der Waals surface area (Å²) in [5, 5.41) is 13.6. The molecule has 0 heterocycles. The van der Waals surface area contributed by atoms with E-state index < -0.39 is 22.9 Å². The molecule has 142 valence electrons. The molecule has 0 aliphatic carbocycles. The van der Waals surface area contributed by atoms with E-state index in [1.807, 2.05) is 37.3 Å². The van der Waals surface area contributed by atoms with Gasteiger partial charge in [0.15, 0.2) is 6.10 Å². The van der Waals surface area contributed by atoms with Crippen molar-refractivity contribution in [3.8, 4) is 0 Å². The van der Waals surface area contributed by atoms with Gasteiger partial charge in [-0.25, -0.2) is 4.79 Å². The van der Waals surface area contributed by atoms with Crippen LogP contribution in [0.15, 0.2) is 54.6 Å². The lowest BCUT2D eigenvalue weighted by Gasteiger charge is -2.18. The molecule has 2 aromatic carbocycles. The third-order valence-corrected chi connectivity index (χ3v) is 4.23. The first-order valence-electron chi connectivity index (χ1n) is 8.70. The Kier molecular flexibility index (Phi) is 7.05. The van der Waals surface area contributed by atoms with E-state index in [2.05, 4.69) is 5.32 Å². The monoisotopic (exact) mass is 370 g/mol. The van der Waals surface area contributed by atoms with E-state index in [1.54, 1.807) is 0 Å². The van der Waals surface area contributed by atoms with Gasteiger partial charge in [0.25, 0.3) is 11.6 Å². The van der Waals surface area contributed by atoms with Gasteiger partial charge in [0, 0.05) is 24.6 Å². The lowest BCUT2D eigenvalue weighted by Crippen LogP contribution is -2.38. The van der Waals surface area contributed by atoms with Gasteiger partial charge < -0.3 is 10.1 Å². The Morgan fingerprint density at radius 1 is 1.15 bits per heavy atom. The number of benzene rings is 2. The van der Waals surface area contributed by atoms with Gasteiger partial charge in [-0.2, -0.15) is 0 Å². The zero-order chi connectivity index (χ0) is 19.8. The number of non-ortho nitro benzene ring substituents is 1. The van der Waals surface area contributed by atoms with Crippen molar-refractivity contribution in [1.82, 2.24) is 5.32 Å². The van der Waals surface area contributed by atoms with Crippen LogP contribution in [0.4, 0.5) is 5.69 Å². The molecule has 0 saturated carbocycles. The number of amides is 1. The zero-order valence-corrected chi connectivity index (χ0v) is 15.3. The van der Waals surface area contributed by atoms with Crippen LogP contribution in [-0.2, 0) is 9.53 Å². The number of hydrogen-bond acceptors (Lipinski definition) is 5. The van der Waals surface area contributed by atoms with Crippen molar-refractivity contribution in [2.24, 2.45) is 0 Å². The van der Waals surface area contributed by atoms with Crippen molar-refractivity contribution >= 4 is 17.6 Å². The molecule has 0 fully saturated rings. The Balaban J connectivity index is 1.92. The Morgan fingerprint density at radius 2 is 1.85 bits per heavy atom. The molecule has 7 nitrogen and oxygen atoms in total. The number of nitro benzene ring substituents is 1. The van der Waals surface area contributed by atoms with Gasteiger partial charge in [0.1, 0.15) is 0 Å². The van der Waals surface area contributed by atoms with Gasteiger partial charge >= 0.3 is 5.97 Å². The van der Waals surface area contributed by atoms with Gasteiger partial charge in [-0.3, -0.25) is 14.9 Å². The number of esters is 1. The highest BCUT2D eigenvalue weighted by Gasteiger charge is 2.21. The largest absolute Gasteiger partial charge is 0.449 e. The summed E-state index contributed by atoms with van der Waals surface area (Å²) >= 11 is 0. The van der Waals surface area contributed by atoms with E-state index in [1.165, 1.54) is 25.1 Å². The SMILES string of the molecule is CC[C@H](CNC(=O)[C@H](C)OC(=O)c1cccc([N+](=O)[O-])c1)c1ccccc1. The Hall–Kier alpha value is -3.22. The molecule has 7 heteroatoms.